The second-order valence-electron chi connectivity index (χ2n) is 8.75. The number of halogens is 1. The van der Waals surface area contributed by atoms with E-state index in [2.05, 4.69) is 126 Å². The van der Waals surface area contributed by atoms with E-state index in [1.807, 2.05) is 0 Å². The third-order valence-corrected chi connectivity index (χ3v) is 16.0. The van der Waals surface area contributed by atoms with E-state index < -0.39 is 5.31 Å². The molecule has 0 unspecified atom stereocenters. The van der Waals surface area contributed by atoms with Crippen LogP contribution in [-0.2, 0) is 0 Å². The number of rotatable bonds is 13. The Bertz CT molecular complexity index is 835. The summed E-state index contributed by atoms with van der Waals surface area (Å²) in [4.78, 5) is 0. The van der Waals surface area contributed by atoms with Crippen molar-refractivity contribution < 1.29 is 0 Å². The summed E-state index contributed by atoms with van der Waals surface area (Å²) in [5, 5.41) is 1.36. The number of allylic oxidation sites excluding steroid dienone is 2. The number of hydrogen-bond acceptors (Lipinski definition) is 0. The van der Waals surface area contributed by atoms with Crippen molar-refractivity contribution in [1.29, 1.82) is 0 Å². The van der Waals surface area contributed by atoms with Crippen molar-refractivity contribution in [3.8, 4) is 0 Å². The van der Waals surface area contributed by atoms with Gasteiger partial charge in [0.1, 0.15) is 0 Å². The summed E-state index contributed by atoms with van der Waals surface area (Å²) in [5.41, 5.74) is 0. The predicted molar refractivity (Wildman–Crippen MR) is 151 cm³/mol. The van der Waals surface area contributed by atoms with Gasteiger partial charge in [-0.2, -0.15) is 0 Å². The van der Waals surface area contributed by atoms with Crippen molar-refractivity contribution in [2.24, 2.45) is 0 Å². The van der Waals surface area contributed by atoms with Crippen LogP contribution in [-0.4, -0.2) is 6.16 Å². The van der Waals surface area contributed by atoms with E-state index in [0.29, 0.717) is 0 Å². The molecule has 0 aliphatic rings. The molecule has 3 rings (SSSR count). The average molecular weight is 510 g/mol. The average Bonchev–Trinajstić information content (AvgIpc) is 2.87. The van der Waals surface area contributed by atoms with E-state index >= 15 is 0 Å². The van der Waals surface area contributed by atoms with E-state index in [1.165, 1.54) is 67.3 Å². The van der Waals surface area contributed by atoms with Crippen molar-refractivity contribution in [1.82, 2.24) is 0 Å². The zero-order chi connectivity index (χ0) is 22.6. The molecule has 0 atom stereocenters. The molecule has 0 saturated carbocycles. The fraction of sp³-hybridized carbons (Fsp3) is 0.333. The maximum absolute atomic E-state index is 4.51. The summed E-state index contributed by atoms with van der Waals surface area (Å²) in [5.74, 6) is 0. The van der Waals surface area contributed by atoms with E-state index in [1.54, 1.807) is 0 Å². The molecule has 3 aromatic rings. The van der Waals surface area contributed by atoms with Gasteiger partial charge in [-0.25, -0.2) is 0 Å². The second kappa shape index (κ2) is 12.5. The molecule has 0 saturated heterocycles. The Hall–Kier alpha value is -1.69. The van der Waals surface area contributed by atoms with Crippen molar-refractivity contribution in [2.45, 2.75) is 58.3 Å². The van der Waals surface area contributed by atoms with Crippen LogP contribution in [0.5, 0.6) is 0 Å². The Kier molecular flexibility index (Phi) is 9.76. The Balaban J connectivity index is 1.85. The molecule has 0 heterocycles. The fourth-order valence-electron chi connectivity index (χ4n) is 4.59. The molecule has 2 heteroatoms. The molecular formula is C30H38BrP. The summed E-state index contributed by atoms with van der Waals surface area (Å²) in [6.45, 7) is 2.28. The molecule has 0 bridgehead atoms. The van der Waals surface area contributed by atoms with E-state index in [4.69, 9.17) is 0 Å². The van der Waals surface area contributed by atoms with Crippen LogP contribution >= 0.6 is 20.8 Å². The van der Waals surface area contributed by atoms with Gasteiger partial charge in [-0.3, -0.25) is 0 Å². The molecule has 0 nitrogen and oxygen atoms in total. The zero-order valence-corrected chi connectivity index (χ0v) is 22.0. The van der Waals surface area contributed by atoms with Gasteiger partial charge >= 0.3 is 204 Å². The SMILES string of the molecule is CCCCCCCCC/C=C/CP(Br)(c1ccccc1)(c1ccccc1)c1ccccc1. The molecule has 0 spiro atoms. The van der Waals surface area contributed by atoms with Crippen molar-refractivity contribution in [2.75, 3.05) is 6.16 Å². The van der Waals surface area contributed by atoms with Crippen LogP contribution in [0.3, 0.4) is 0 Å². The molecule has 170 valence electrons. The standard InChI is InChI=1S/C30H38BrP/c1-2-3-4-5-6-7-8-9-10-20-27-32(31,28-21-14-11-15-22-28,29-23-16-12-17-24-29)30-25-18-13-19-26-30/h10-26H,2-9,27H2,1H3/b20-10+. The molecule has 0 aromatic heterocycles. The topological polar surface area (TPSA) is 0 Å². The minimum absolute atomic E-state index is 0.986. The first-order valence-corrected chi connectivity index (χ1v) is 16.7. The van der Waals surface area contributed by atoms with Crippen LogP contribution in [0.15, 0.2) is 103 Å². The van der Waals surface area contributed by atoms with E-state index in [9.17, 15) is 0 Å². The van der Waals surface area contributed by atoms with Crippen LogP contribution in [0.4, 0.5) is 0 Å². The molecule has 0 fully saturated rings. The zero-order valence-electron chi connectivity index (χ0n) is 19.5. The van der Waals surface area contributed by atoms with Gasteiger partial charge < -0.3 is 0 Å². The molecule has 0 aliphatic heterocycles. The second-order valence-corrected chi connectivity index (χ2v) is 17.7. The van der Waals surface area contributed by atoms with Gasteiger partial charge in [0.05, 0.1) is 0 Å². The van der Waals surface area contributed by atoms with Crippen LogP contribution in [0.25, 0.3) is 0 Å². The minimum atomic E-state index is -2.80. The number of benzene rings is 3. The third kappa shape index (κ3) is 5.81. The van der Waals surface area contributed by atoms with Gasteiger partial charge in [0.2, 0.25) is 0 Å². The van der Waals surface area contributed by atoms with Gasteiger partial charge in [0.15, 0.2) is 0 Å². The van der Waals surface area contributed by atoms with Gasteiger partial charge in [0.25, 0.3) is 0 Å². The molecule has 32 heavy (non-hydrogen) atoms. The molecule has 3 aromatic carbocycles. The first-order chi connectivity index (χ1) is 15.7. The van der Waals surface area contributed by atoms with Gasteiger partial charge in [-0.05, 0) is 0 Å². The van der Waals surface area contributed by atoms with E-state index in [0.717, 1.165) is 6.16 Å². The Morgan fingerprint density at radius 1 is 0.562 bits per heavy atom. The molecule has 0 amide bonds. The summed E-state index contributed by atoms with van der Waals surface area (Å²) in [7, 11) is 0. The van der Waals surface area contributed by atoms with Crippen LogP contribution in [0.1, 0.15) is 58.3 Å². The molecule has 0 radical (unpaired) electrons. The first kappa shape index (κ1) is 24.9. The van der Waals surface area contributed by atoms with Crippen LogP contribution < -0.4 is 15.9 Å². The van der Waals surface area contributed by atoms with Crippen LogP contribution in [0.2, 0.25) is 0 Å². The number of unbranched alkanes of at least 4 members (excludes halogenated alkanes) is 7. The number of hydrogen-bond donors (Lipinski definition) is 0. The Morgan fingerprint density at radius 2 is 0.969 bits per heavy atom. The summed E-state index contributed by atoms with van der Waals surface area (Å²) in [6.07, 6.45) is 16.5. The van der Waals surface area contributed by atoms with Gasteiger partial charge in [-0.1, -0.05) is 0 Å². The first-order valence-electron chi connectivity index (χ1n) is 12.2. The Morgan fingerprint density at radius 3 is 1.41 bits per heavy atom. The van der Waals surface area contributed by atoms with Crippen molar-refractivity contribution in [3.63, 3.8) is 0 Å². The molecule has 0 N–H and O–H groups in total. The monoisotopic (exact) mass is 508 g/mol. The van der Waals surface area contributed by atoms with Gasteiger partial charge in [-0.15, -0.1) is 0 Å². The molecule has 0 aliphatic carbocycles. The normalized spacial score (nSPS) is 13.1. The summed E-state index contributed by atoms with van der Waals surface area (Å²) >= 11 is 4.51. The Labute approximate surface area is 203 Å². The summed E-state index contributed by atoms with van der Waals surface area (Å²) in [6, 6.07) is 33.2. The van der Waals surface area contributed by atoms with Crippen molar-refractivity contribution >= 4 is 36.7 Å². The predicted octanol–water partition coefficient (Wildman–Crippen LogP) is 8.52. The van der Waals surface area contributed by atoms with E-state index in [-0.39, 0.29) is 0 Å². The van der Waals surface area contributed by atoms with Gasteiger partial charge in [0, 0.05) is 0 Å². The molecular weight excluding hydrogens is 471 g/mol. The maximum atomic E-state index is 4.51. The van der Waals surface area contributed by atoms with Crippen LogP contribution in [0, 0.1) is 0 Å². The van der Waals surface area contributed by atoms with Crippen molar-refractivity contribution in [3.05, 3.63) is 103 Å². The third-order valence-electron chi connectivity index (χ3n) is 6.47. The summed E-state index contributed by atoms with van der Waals surface area (Å²) < 4.78 is 0. The quantitative estimate of drug-likeness (QED) is 0.123. The fourth-order valence-corrected chi connectivity index (χ4v) is 11.7.